The van der Waals surface area contributed by atoms with Gasteiger partial charge >= 0.3 is 12.8 Å². The van der Waals surface area contributed by atoms with Gasteiger partial charge in [-0.05, 0) is 35.7 Å². The summed E-state index contributed by atoms with van der Waals surface area (Å²) in [4.78, 5) is 7.21. The van der Waals surface area contributed by atoms with Gasteiger partial charge < -0.3 is 9.30 Å². The van der Waals surface area contributed by atoms with E-state index in [9.17, 15) is 22.0 Å². The summed E-state index contributed by atoms with van der Waals surface area (Å²) in [7, 11) is 0. The fourth-order valence-electron chi connectivity index (χ4n) is 5.36. The predicted molar refractivity (Wildman–Crippen MR) is 165 cm³/mol. The van der Waals surface area contributed by atoms with Crippen LogP contribution in [0.4, 0.5) is 22.0 Å². The molecule has 0 unspecified atom stereocenters. The van der Waals surface area contributed by atoms with Crippen molar-refractivity contribution in [1.29, 1.82) is 0 Å². The van der Waals surface area contributed by atoms with Gasteiger partial charge in [0.15, 0.2) is 0 Å². The first-order valence-electron chi connectivity index (χ1n) is 14.8. The van der Waals surface area contributed by atoms with E-state index in [1.54, 1.807) is 18.2 Å². The number of hydrogen-bond acceptors (Lipinski definition) is 3. The summed E-state index contributed by atoms with van der Waals surface area (Å²) in [6, 6.07) is 31.5. The highest BCUT2D eigenvalue weighted by Gasteiger charge is 2.30. The molecule has 4 aromatic carbocycles. The Balaban J connectivity index is 1.59. The van der Waals surface area contributed by atoms with Crippen molar-refractivity contribution in [2.24, 2.45) is 0 Å². The van der Waals surface area contributed by atoms with Crippen LogP contribution < -0.4 is 4.74 Å². The van der Waals surface area contributed by atoms with Crippen molar-refractivity contribution in [1.82, 2.24) is 14.5 Å². The maximum absolute atomic E-state index is 13.6. The van der Waals surface area contributed by atoms with E-state index >= 15 is 0 Å². The normalized spacial score (nSPS) is 11.8. The molecule has 1 heterocycles. The van der Waals surface area contributed by atoms with E-state index < -0.39 is 18.4 Å². The van der Waals surface area contributed by atoms with Crippen LogP contribution in [0.1, 0.15) is 42.1 Å². The van der Waals surface area contributed by atoms with Gasteiger partial charge in [-0.15, -0.1) is 0 Å². The molecule has 0 fully saturated rings. The third-order valence-corrected chi connectivity index (χ3v) is 7.48. The quantitative estimate of drug-likeness (QED) is 0.123. The van der Waals surface area contributed by atoms with Crippen LogP contribution in [-0.2, 0) is 32.4 Å². The van der Waals surface area contributed by atoms with E-state index in [0.717, 1.165) is 52.8 Å². The number of nitrogens with zero attached hydrogens (tertiary/aromatic N) is 3. The topological polar surface area (TPSA) is 30.3 Å². The predicted octanol–water partition coefficient (Wildman–Crippen LogP) is 9.84. The third kappa shape index (κ3) is 8.36. The van der Waals surface area contributed by atoms with Crippen molar-refractivity contribution in [3.05, 3.63) is 132 Å². The average Bonchev–Trinajstić information content (AvgIpc) is 3.39. The molecule has 0 saturated heterocycles. The van der Waals surface area contributed by atoms with Crippen molar-refractivity contribution >= 4 is 0 Å². The van der Waals surface area contributed by atoms with Crippen LogP contribution in [-0.4, -0.2) is 21.1 Å². The summed E-state index contributed by atoms with van der Waals surface area (Å²) >= 11 is 0. The molecule has 234 valence electrons. The maximum Gasteiger partial charge on any atom is 0.416 e. The number of rotatable bonds is 13. The summed E-state index contributed by atoms with van der Waals surface area (Å²) in [5, 5.41) is 0. The van der Waals surface area contributed by atoms with Crippen molar-refractivity contribution in [2.75, 3.05) is 0 Å². The van der Waals surface area contributed by atoms with Crippen LogP contribution in [0, 0.1) is 0 Å². The molecule has 0 aliphatic rings. The molecular formula is C36H34F5N3O. The van der Waals surface area contributed by atoms with E-state index in [1.165, 1.54) is 24.3 Å². The lowest BCUT2D eigenvalue weighted by Crippen LogP contribution is -2.25. The third-order valence-electron chi connectivity index (χ3n) is 7.48. The number of aromatic nitrogens is 2. The minimum Gasteiger partial charge on any atom is -0.435 e. The van der Waals surface area contributed by atoms with Crippen LogP contribution in [0.2, 0.25) is 0 Å². The molecule has 4 nitrogen and oxygen atoms in total. The molecule has 0 radical (unpaired) electrons. The highest BCUT2D eigenvalue weighted by Crippen LogP contribution is 2.33. The Bertz CT molecular complexity index is 1650. The number of halogens is 5. The number of ether oxygens (including phenoxy) is 1. The largest absolute Gasteiger partial charge is 0.435 e. The van der Waals surface area contributed by atoms with Crippen molar-refractivity contribution < 1.29 is 26.7 Å². The zero-order chi connectivity index (χ0) is 31.8. The molecule has 0 aliphatic heterocycles. The Hall–Kier alpha value is -4.50. The first-order chi connectivity index (χ1) is 21.7. The van der Waals surface area contributed by atoms with E-state index in [1.807, 2.05) is 60.7 Å². The van der Waals surface area contributed by atoms with E-state index in [2.05, 4.69) is 21.1 Å². The highest BCUT2D eigenvalue weighted by molar-refractivity contribution is 5.68. The zero-order valence-electron chi connectivity index (χ0n) is 24.9. The molecule has 0 bridgehead atoms. The first-order valence-corrected chi connectivity index (χ1v) is 14.8. The minimum atomic E-state index is -4.47. The van der Waals surface area contributed by atoms with Gasteiger partial charge in [0.05, 0.1) is 17.0 Å². The van der Waals surface area contributed by atoms with Gasteiger partial charge in [-0.25, -0.2) is 4.98 Å². The molecule has 1 aromatic heterocycles. The van der Waals surface area contributed by atoms with Crippen LogP contribution in [0.15, 0.2) is 109 Å². The van der Waals surface area contributed by atoms with Crippen LogP contribution in [0.25, 0.3) is 22.6 Å². The molecule has 0 N–H and O–H groups in total. The molecule has 5 rings (SSSR count). The summed E-state index contributed by atoms with van der Waals surface area (Å²) in [6.45, 7) is 0.836. The lowest BCUT2D eigenvalue weighted by molar-refractivity contribution is -0.137. The molecule has 0 saturated carbocycles. The standard InChI is InChI=1S/C36H34F5N3O/c1-2-3-21-44-32(33(28-12-6-4-7-13-28)42-34(44)29-14-8-5-9-15-29)25-43(23-26-17-19-31(20-18-26)45-35(37)38)24-27-11-10-16-30(22-27)36(39,40)41/h4-20,22,35H,2-3,21,23-25H2,1H3. The minimum absolute atomic E-state index is 0.0367. The molecular weight excluding hydrogens is 585 g/mol. The second kappa shape index (κ2) is 14.5. The molecule has 9 heteroatoms. The van der Waals surface area contributed by atoms with Gasteiger partial charge in [0, 0.05) is 37.3 Å². The summed E-state index contributed by atoms with van der Waals surface area (Å²) in [5.41, 5.74) is 4.25. The molecule has 5 aromatic rings. The van der Waals surface area contributed by atoms with Gasteiger partial charge in [0.25, 0.3) is 0 Å². The Morgan fingerprint density at radius 1 is 0.756 bits per heavy atom. The van der Waals surface area contributed by atoms with E-state index in [4.69, 9.17) is 4.98 Å². The smallest absolute Gasteiger partial charge is 0.416 e. The number of benzene rings is 4. The van der Waals surface area contributed by atoms with E-state index in [0.29, 0.717) is 25.2 Å². The van der Waals surface area contributed by atoms with Crippen molar-refractivity contribution in [2.45, 2.75) is 58.7 Å². The van der Waals surface area contributed by atoms with Crippen molar-refractivity contribution in [3.8, 4) is 28.4 Å². The Kier molecular flexibility index (Phi) is 10.3. The van der Waals surface area contributed by atoms with Gasteiger partial charge in [0.2, 0.25) is 0 Å². The monoisotopic (exact) mass is 619 g/mol. The summed E-state index contributed by atoms with van der Waals surface area (Å²) in [5.74, 6) is 0.861. The number of imidazole rings is 1. The lowest BCUT2D eigenvalue weighted by Gasteiger charge is -2.25. The Morgan fingerprint density at radius 2 is 1.40 bits per heavy atom. The summed E-state index contributed by atoms with van der Waals surface area (Å²) in [6.07, 6.45) is -2.59. The zero-order valence-corrected chi connectivity index (χ0v) is 24.9. The molecule has 45 heavy (non-hydrogen) atoms. The van der Waals surface area contributed by atoms with Gasteiger partial charge in [-0.1, -0.05) is 104 Å². The number of hydrogen-bond donors (Lipinski definition) is 0. The number of alkyl halides is 5. The van der Waals surface area contributed by atoms with Crippen molar-refractivity contribution in [3.63, 3.8) is 0 Å². The average molecular weight is 620 g/mol. The first kappa shape index (κ1) is 31.9. The fourth-order valence-corrected chi connectivity index (χ4v) is 5.36. The molecule has 0 spiro atoms. The second-order valence-electron chi connectivity index (χ2n) is 10.8. The van der Waals surface area contributed by atoms with Crippen LogP contribution >= 0.6 is 0 Å². The van der Waals surface area contributed by atoms with Gasteiger partial charge in [-0.3, -0.25) is 4.90 Å². The fraction of sp³-hybridized carbons (Fsp3) is 0.250. The van der Waals surface area contributed by atoms with Gasteiger partial charge in [0.1, 0.15) is 11.6 Å². The second-order valence-corrected chi connectivity index (χ2v) is 10.8. The van der Waals surface area contributed by atoms with Crippen LogP contribution in [0.3, 0.4) is 0 Å². The van der Waals surface area contributed by atoms with E-state index in [-0.39, 0.29) is 12.3 Å². The maximum atomic E-state index is 13.6. The summed E-state index contributed by atoms with van der Waals surface area (Å²) < 4.78 is 73.1. The lowest BCUT2D eigenvalue weighted by atomic mass is 10.1. The molecule has 0 atom stereocenters. The van der Waals surface area contributed by atoms with Gasteiger partial charge in [-0.2, -0.15) is 22.0 Å². The highest BCUT2D eigenvalue weighted by atomic mass is 19.4. The van der Waals surface area contributed by atoms with Crippen LogP contribution in [0.5, 0.6) is 5.75 Å². The SMILES string of the molecule is CCCCn1c(-c2ccccc2)nc(-c2ccccc2)c1CN(Cc1ccc(OC(F)F)cc1)Cc1cccc(C(F)(F)F)c1. The number of unbranched alkanes of at least 4 members (excludes halogenated alkanes) is 1. The molecule has 0 aliphatic carbocycles. The Labute approximate surface area is 259 Å². The molecule has 0 amide bonds. The Morgan fingerprint density at radius 3 is 2.02 bits per heavy atom.